The van der Waals surface area contributed by atoms with Gasteiger partial charge in [0.2, 0.25) is 0 Å². The third-order valence-corrected chi connectivity index (χ3v) is 4.18. The minimum atomic E-state index is -0.796. The Morgan fingerprint density at radius 2 is 1.96 bits per heavy atom. The summed E-state index contributed by atoms with van der Waals surface area (Å²) < 4.78 is 19.8. The highest BCUT2D eigenvalue weighted by atomic mass is 19.1. The summed E-state index contributed by atoms with van der Waals surface area (Å²) in [4.78, 5) is 39.4. The SMILES string of the molecule is COc1cccc(CNC(=O)c2c[nH]c(=O)n(Cc3ccccc3F)c2=O)c1. The molecule has 1 amide bonds. The highest BCUT2D eigenvalue weighted by molar-refractivity contribution is 5.93. The molecule has 0 saturated heterocycles. The lowest BCUT2D eigenvalue weighted by Gasteiger charge is -2.09. The van der Waals surface area contributed by atoms with E-state index in [1.54, 1.807) is 30.3 Å². The van der Waals surface area contributed by atoms with Crippen LogP contribution in [0.3, 0.4) is 0 Å². The molecule has 0 aliphatic rings. The van der Waals surface area contributed by atoms with Crippen LogP contribution in [0.15, 0.2) is 64.3 Å². The van der Waals surface area contributed by atoms with Gasteiger partial charge in [-0.1, -0.05) is 30.3 Å². The van der Waals surface area contributed by atoms with E-state index in [2.05, 4.69) is 10.3 Å². The number of rotatable bonds is 6. The van der Waals surface area contributed by atoms with Crippen LogP contribution in [0.25, 0.3) is 0 Å². The van der Waals surface area contributed by atoms with Gasteiger partial charge < -0.3 is 15.0 Å². The monoisotopic (exact) mass is 383 g/mol. The maximum atomic E-state index is 13.9. The van der Waals surface area contributed by atoms with Crippen LogP contribution in [-0.2, 0) is 13.1 Å². The van der Waals surface area contributed by atoms with Crippen LogP contribution >= 0.6 is 0 Å². The number of hydrogen-bond donors (Lipinski definition) is 2. The molecule has 0 unspecified atom stereocenters. The van der Waals surface area contributed by atoms with Gasteiger partial charge in [0.25, 0.3) is 11.5 Å². The molecule has 0 atom stereocenters. The van der Waals surface area contributed by atoms with Crippen LogP contribution in [0.4, 0.5) is 4.39 Å². The van der Waals surface area contributed by atoms with E-state index in [-0.39, 0.29) is 24.2 Å². The van der Waals surface area contributed by atoms with E-state index in [0.717, 1.165) is 16.3 Å². The van der Waals surface area contributed by atoms with Gasteiger partial charge in [-0.25, -0.2) is 9.18 Å². The number of carbonyl (C=O) groups is 1. The highest BCUT2D eigenvalue weighted by Crippen LogP contribution is 2.12. The van der Waals surface area contributed by atoms with E-state index in [4.69, 9.17) is 4.74 Å². The van der Waals surface area contributed by atoms with Gasteiger partial charge in [-0.15, -0.1) is 0 Å². The first-order valence-corrected chi connectivity index (χ1v) is 8.46. The molecule has 1 aromatic heterocycles. The summed E-state index contributed by atoms with van der Waals surface area (Å²) in [5.74, 6) is -0.545. The second-order valence-electron chi connectivity index (χ2n) is 6.02. The third-order valence-electron chi connectivity index (χ3n) is 4.18. The number of halogens is 1. The molecule has 3 aromatic rings. The van der Waals surface area contributed by atoms with E-state index in [1.807, 2.05) is 0 Å². The Hall–Kier alpha value is -3.68. The molecule has 28 heavy (non-hydrogen) atoms. The molecule has 0 saturated carbocycles. The van der Waals surface area contributed by atoms with Gasteiger partial charge in [0.05, 0.1) is 13.7 Å². The van der Waals surface area contributed by atoms with Gasteiger partial charge >= 0.3 is 5.69 Å². The van der Waals surface area contributed by atoms with Crippen molar-refractivity contribution in [3.63, 3.8) is 0 Å². The summed E-state index contributed by atoms with van der Waals surface area (Å²) >= 11 is 0. The molecule has 2 N–H and O–H groups in total. The fourth-order valence-electron chi connectivity index (χ4n) is 2.67. The number of aromatic nitrogens is 2. The van der Waals surface area contributed by atoms with Crippen LogP contribution in [-0.4, -0.2) is 22.6 Å². The number of carbonyl (C=O) groups excluding carboxylic acids is 1. The van der Waals surface area contributed by atoms with Crippen molar-refractivity contribution in [3.05, 3.63) is 98.1 Å². The number of nitrogens with zero attached hydrogens (tertiary/aromatic N) is 1. The van der Waals surface area contributed by atoms with Gasteiger partial charge in [-0.3, -0.25) is 14.2 Å². The van der Waals surface area contributed by atoms with Crippen molar-refractivity contribution < 1.29 is 13.9 Å². The second-order valence-corrected chi connectivity index (χ2v) is 6.02. The molecule has 3 rings (SSSR count). The van der Waals surface area contributed by atoms with Gasteiger partial charge in [-0.05, 0) is 23.8 Å². The number of ether oxygens (including phenoxy) is 1. The van der Waals surface area contributed by atoms with E-state index in [9.17, 15) is 18.8 Å². The molecule has 0 aliphatic heterocycles. The van der Waals surface area contributed by atoms with Crippen molar-refractivity contribution in [1.82, 2.24) is 14.9 Å². The predicted molar refractivity (Wildman–Crippen MR) is 101 cm³/mol. The van der Waals surface area contributed by atoms with Gasteiger partial charge in [0.15, 0.2) is 0 Å². The average molecular weight is 383 g/mol. The minimum Gasteiger partial charge on any atom is -0.497 e. The smallest absolute Gasteiger partial charge is 0.328 e. The molecule has 144 valence electrons. The fourth-order valence-corrected chi connectivity index (χ4v) is 2.67. The third kappa shape index (κ3) is 4.17. The van der Waals surface area contributed by atoms with E-state index in [0.29, 0.717) is 5.75 Å². The first kappa shape index (κ1) is 19.1. The molecule has 0 bridgehead atoms. The van der Waals surface area contributed by atoms with Crippen molar-refractivity contribution >= 4 is 5.91 Å². The Bertz CT molecular complexity index is 1120. The summed E-state index contributed by atoms with van der Waals surface area (Å²) in [6, 6.07) is 12.9. The zero-order valence-electron chi connectivity index (χ0n) is 15.1. The molecule has 2 aromatic carbocycles. The molecular formula is C20H18FN3O4. The fraction of sp³-hybridized carbons (Fsp3) is 0.150. The standard InChI is InChI=1S/C20H18FN3O4/c1-28-15-7-4-5-13(9-15)10-22-18(25)16-11-23-20(27)24(19(16)26)12-14-6-2-3-8-17(14)21/h2-9,11H,10,12H2,1H3,(H,22,25)(H,23,27). The Morgan fingerprint density at radius 3 is 2.71 bits per heavy atom. The number of methoxy groups -OCH3 is 1. The Labute approximate surface area is 159 Å². The van der Waals surface area contributed by atoms with Crippen molar-refractivity contribution in [1.29, 1.82) is 0 Å². The molecule has 0 radical (unpaired) electrons. The van der Waals surface area contributed by atoms with E-state index >= 15 is 0 Å². The lowest BCUT2D eigenvalue weighted by atomic mass is 10.2. The first-order chi connectivity index (χ1) is 13.5. The van der Waals surface area contributed by atoms with Crippen molar-refractivity contribution in [2.45, 2.75) is 13.1 Å². The van der Waals surface area contributed by atoms with Crippen molar-refractivity contribution in [3.8, 4) is 5.75 Å². The largest absolute Gasteiger partial charge is 0.497 e. The van der Waals surface area contributed by atoms with Crippen molar-refractivity contribution in [2.75, 3.05) is 7.11 Å². The van der Waals surface area contributed by atoms with Crippen LogP contribution < -0.4 is 21.3 Å². The topological polar surface area (TPSA) is 93.2 Å². The normalized spacial score (nSPS) is 10.5. The Balaban J connectivity index is 1.82. The maximum absolute atomic E-state index is 13.9. The number of H-pyrrole nitrogens is 1. The summed E-state index contributed by atoms with van der Waals surface area (Å²) in [6.07, 6.45) is 1.06. The van der Waals surface area contributed by atoms with Gasteiger partial charge in [0.1, 0.15) is 17.1 Å². The Kier molecular flexibility index (Phi) is 5.69. The van der Waals surface area contributed by atoms with Gasteiger partial charge in [-0.2, -0.15) is 0 Å². The lowest BCUT2D eigenvalue weighted by Crippen LogP contribution is -2.40. The highest BCUT2D eigenvalue weighted by Gasteiger charge is 2.15. The lowest BCUT2D eigenvalue weighted by molar-refractivity contribution is 0.0948. The molecule has 0 aliphatic carbocycles. The quantitative estimate of drug-likeness (QED) is 0.677. The zero-order valence-corrected chi connectivity index (χ0v) is 15.1. The minimum absolute atomic E-state index is 0.169. The summed E-state index contributed by atoms with van der Waals surface area (Å²) in [5, 5.41) is 2.63. The summed E-state index contributed by atoms with van der Waals surface area (Å²) in [7, 11) is 1.54. The van der Waals surface area contributed by atoms with Gasteiger partial charge in [0, 0.05) is 18.3 Å². The molecule has 1 heterocycles. The number of benzene rings is 2. The summed E-state index contributed by atoms with van der Waals surface area (Å²) in [5.41, 5.74) is -0.806. The van der Waals surface area contributed by atoms with Crippen LogP contribution in [0.2, 0.25) is 0 Å². The van der Waals surface area contributed by atoms with E-state index < -0.39 is 23.0 Å². The molecule has 8 heteroatoms. The number of aromatic amines is 1. The average Bonchev–Trinajstić information content (AvgIpc) is 2.71. The maximum Gasteiger partial charge on any atom is 0.328 e. The predicted octanol–water partition coefficient (Wildman–Crippen LogP) is 1.66. The zero-order chi connectivity index (χ0) is 20.1. The summed E-state index contributed by atoms with van der Waals surface area (Å²) in [6.45, 7) is -0.111. The number of nitrogens with one attached hydrogen (secondary N) is 2. The van der Waals surface area contributed by atoms with Crippen LogP contribution in [0.1, 0.15) is 21.5 Å². The molecule has 0 fully saturated rings. The first-order valence-electron chi connectivity index (χ1n) is 8.46. The Morgan fingerprint density at radius 1 is 1.18 bits per heavy atom. The number of hydrogen-bond acceptors (Lipinski definition) is 4. The van der Waals surface area contributed by atoms with Crippen molar-refractivity contribution in [2.24, 2.45) is 0 Å². The van der Waals surface area contributed by atoms with Crippen LogP contribution in [0.5, 0.6) is 5.75 Å². The number of amides is 1. The van der Waals surface area contributed by atoms with Crippen LogP contribution in [0, 0.1) is 5.82 Å². The molecule has 0 spiro atoms. The second kappa shape index (κ2) is 8.34. The molecule has 7 nitrogen and oxygen atoms in total. The van der Waals surface area contributed by atoms with E-state index in [1.165, 1.54) is 25.3 Å². The molecular weight excluding hydrogens is 365 g/mol.